The summed E-state index contributed by atoms with van der Waals surface area (Å²) in [7, 11) is 1.41. The second-order valence-electron chi connectivity index (χ2n) is 16.2. The van der Waals surface area contributed by atoms with Crippen LogP contribution in [-0.4, -0.2) is 102 Å². The number of hydrogen-bond donors (Lipinski definition) is 6. The number of fused-ring (bicyclic) bond motifs is 1. The molecule has 8 rings (SSSR count). The predicted octanol–water partition coefficient (Wildman–Crippen LogP) is 5.91. The number of ether oxygens (including phenoxy) is 1. The van der Waals surface area contributed by atoms with E-state index in [0.29, 0.717) is 79.1 Å². The minimum Gasteiger partial charge on any atom is -0.468 e. The van der Waals surface area contributed by atoms with Gasteiger partial charge < -0.3 is 41.5 Å². The Morgan fingerprint density at radius 3 is 2.30 bits per heavy atom. The monoisotopic (exact) mass is 954 g/mol. The Labute approximate surface area is 401 Å². The minimum absolute atomic E-state index is 0.0910. The molecule has 1 fully saturated rings. The fourth-order valence-corrected chi connectivity index (χ4v) is 8.14. The lowest BCUT2D eigenvalue weighted by Gasteiger charge is -2.33. The molecule has 0 bridgehead atoms. The number of pyridine rings is 2. The van der Waals surface area contributed by atoms with Crippen LogP contribution in [0.3, 0.4) is 0 Å². The molecule has 6 heterocycles. The van der Waals surface area contributed by atoms with Gasteiger partial charge >= 0.3 is 5.97 Å². The van der Waals surface area contributed by atoms with Gasteiger partial charge in [-0.05, 0) is 91.4 Å². The maximum Gasteiger partial charge on any atom is 0.323 e. The van der Waals surface area contributed by atoms with E-state index in [-0.39, 0.29) is 52.9 Å². The van der Waals surface area contributed by atoms with Crippen molar-refractivity contribution in [1.29, 1.82) is 0 Å². The SMILES string of the molecule is COC(=O)[C@@H]1CCCCN1Cc1ccc(C(=O)Nc2cccc(-c3cccc(NC(=O)c4ccc(CNCCNC(=O)CCCNc5nc(N)n6nc(-c7ccco7)nc6n5)cn4)c3C)c2Cl)nc1. The summed E-state index contributed by atoms with van der Waals surface area (Å²) in [5, 5.41) is 19.7. The number of nitrogens with two attached hydrogens (primary N) is 1. The maximum atomic E-state index is 13.4. The predicted molar refractivity (Wildman–Crippen MR) is 259 cm³/mol. The zero-order chi connectivity index (χ0) is 48.3. The summed E-state index contributed by atoms with van der Waals surface area (Å²) in [6.45, 7) is 5.07. The van der Waals surface area contributed by atoms with E-state index in [4.69, 9.17) is 26.5 Å². The first kappa shape index (κ1) is 47.7. The molecule has 356 valence electrons. The molecule has 5 aromatic heterocycles. The molecular weight excluding hydrogens is 904 g/mol. The number of aromatic nitrogens is 7. The van der Waals surface area contributed by atoms with Crippen LogP contribution in [0.5, 0.6) is 0 Å². The van der Waals surface area contributed by atoms with Crippen molar-refractivity contribution in [2.24, 2.45) is 0 Å². The molecule has 21 heteroatoms. The van der Waals surface area contributed by atoms with E-state index >= 15 is 0 Å². The zero-order valence-corrected chi connectivity index (χ0v) is 38.8. The number of nitrogen functional groups attached to an aromatic ring is 1. The Morgan fingerprint density at radius 1 is 0.841 bits per heavy atom. The van der Waals surface area contributed by atoms with Crippen LogP contribution >= 0.6 is 11.6 Å². The molecule has 7 N–H and O–H groups in total. The first-order valence-corrected chi connectivity index (χ1v) is 22.8. The fraction of sp³-hybridized carbons (Fsp3) is 0.292. The second kappa shape index (κ2) is 22.3. The van der Waals surface area contributed by atoms with E-state index < -0.39 is 5.91 Å². The summed E-state index contributed by atoms with van der Waals surface area (Å²) in [4.78, 5) is 75.2. The molecule has 1 aliphatic heterocycles. The number of likely N-dealkylation sites (tertiary alicyclic amines) is 1. The molecule has 69 heavy (non-hydrogen) atoms. The number of carbonyl (C=O) groups excluding carboxylic acids is 4. The highest BCUT2D eigenvalue weighted by atomic mass is 35.5. The summed E-state index contributed by atoms with van der Waals surface area (Å²) >= 11 is 6.92. The average molecular weight is 955 g/mol. The highest BCUT2D eigenvalue weighted by Gasteiger charge is 2.29. The third-order valence-corrected chi connectivity index (χ3v) is 11.9. The van der Waals surface area contributed by atoms with Crippen LogP contribution in [0.1, 0.15) is 69.8 Å². The summed E-state index contributed by atoms with van der Waals surface area (Å²) in [5.41, 5.74) is 11.4. The standard InChI is InChI=1S/C48H51ClN14O6/c1-29-32(33-10-6-12-35(41(33)49)57-44(66)37-19-17-31(27-55-37)28-62-23-4-3-13-38(62)45(67)68-2)9-5-11-34(29)56-43(65)36-18-16-30(26-54-36)25-51-21-22-52-40(64)15-7-20-53-47-59-46(50)63-48(60-47)58-42(61-63)39-14-8-24-69-39/h5-6,8-12,14,16-19,24,26-27,38,51H,3-4,7,13,15,20-23,25,28H2,1-2H3,(H,52,64)(H,56,65)(H,57,66)(H3,50,53,58,59,60,61)/t38-/m0/s1. The van der Waals surface area contributed by atoms with Gasteiger partial charge in [0.15, 0.2) is 5.76 Å². The van der Waals surface area contributed by atoms with Crippen molar-refractivity contribution in [3.8, 4) is 22.7 Å². The van der Waals surface area contributed by atoms with E-state index in [2.05, 4.69) is 61.5 Å². The molecule has 0 aliphatic carbocycles. The first-order valence-electron chi connectivity index (χ1n) is 22.4. The van der Waals surface area contributed by atoms with Crippen molar-refractivity contribution in [3.05, 3.63) is 125 Å². The van der Waals surface area contributed by atoms with Gasteiger partial charge in [0.25, 0.3) is 17.6 Å². The largest absolute Gasteiger partial charge is 0.468 e. The molecule has 1 aliphatic rings. The molecular formula is C48H51ClN14O6. The van der Waals surface area contributed by atoms with Crippen molar-refractivity contribution in [2.75, 3.05) is 55.0 Å². The quantitative estimate of drug-likeness (QED) is 0.0407. The summed E-state index contributed by atoms with van der Waals surface area (Å²) < 4.78 is 11.7. The second-order valence-corrected chi connectivity index (χ2v) is 16.6. The molecule has 1 saturated heterocycles. The highest BCUT2D eigenvalue weighted by molar-refractivity contribution is 6.36. The molecule has 20 nitrogen and oxygen atoms in total. The molecule has 0 radical (unpaired) electrons. The number of halogens is 1. The van der Waals surface area contributed by atoms with Gasteiger partial charge in [-0.3, -0.25) is 34.0 Å². The number of amides is 3. The van der Waals surface area contributed by atoms with Gasteiger partial charge in [0, 0.05) is 62.8 Å². The third kappa shape index (κ3) is 11.8. The topological polar surface area (TPSA) is 262 Å². The minimum atomic E-state index is -0.427. The number of piperidine rings is 1. The number of nitrogens with one attached hydrogen (secondary N) is 5. The third-order valence-electron chi connectivity index (χ3n) is 11.5. The number of rotatable bonds is 19. The molecule has 3 amide bonds. The number of esters is 1. The maximum absolute atomic E-state index is 13.4. The van der Waals surface area contributed by atoms with Crippen molar-refractivity contribution in [3.63, 3.8) is 0 Å². The Hall–Kier alpha value is -7.81. The Kier molecular flexibility index (Phi) is 15.4. The first-order chi connectivity index (χ1) is 33.5. The van der Waals surface area contributed by atoms with E-state index in [1.54, 1.807) is 54.9 Å². The number of carbonyl (C=O) groups is 4. The van der Waals surface area contributed by atoms with Crippen molar-refractivity contribution in [1.82, 2.24) is 50.1 Å². The van der Waals surface area contributed by atoms with Crippen LogP contribution in [0.2, 0.25) is 5.02 Å². The zero-order valence-electron chi connectivity index (χ0n) is 38.0. The highest BCUT2D eigenvalue weighted by Crippen LogP contribution is 2.37. The van der Waals surface area contributed by atoms with Gasteiger partial charge in [-0.15, -0.1) is 5.10 Å². The van der Waals surface area contributed by atoms with Gasteiger partial charge in [0.1, 0.15) is 17.4 Å². The van der Waals surface area contributed by atoms with Gasteiger partial charge in [-0.25, -0.2) is 0 Å². The van der Waals surface area contributed by atoms with Crippen molar-refractivity contribution < 1.29 is 28.3 Å². The Morgan fingerprint density at radius 2 is 1.58 bits per heavy atom. The van der Waals surface area contributed by atoms with Gasteiger partial charge in [-0.2, -0.15) is 19.5 Å². The number of nitrogens with zero attached hydrogens (tertiary/aromatic N) is 8. The summed E-state index contributed by atoms with van der Waals surface area (Å²) in [5.74, 6) is 0.344. The molecule has 7 aromatic rings. The number of benzene rings is 2. The van der Waals surface area contributed by atoms with E-state index in [1.807, 2.05) is 37.3 Å². The van der Waals surface area contributed by atoms with Crippen LogP contribution < -0.4 is 32.3 Å². The fourth-order valence-electron chi connectivity index (χ4n) is 7.86. The van der Waals surface area contributed by atoms with Crippen molar-refractivity contribution in [2.45, 2.75) is 58.2 Å². The molecule has 2 aromatic carbocycles. The van der Waals surface area contributed by atoms with Crippen LogP contribution in [0.15, 0.2) is 95.9 Å². The van der Waals surface area contributed by atoms with Gasteiger partial charge in [0.05, 0.1) is 24.1 Å². The van der Waals surface area contributed by atoms with Gasteiger partial charge in [-0.1, -0.05) is 54.4 Å². The van der Waals surface area contributed by atoms with Crippen LogP contribution in [0.25, 0.3) is 28.5 Å². The van der Waals surface area contributed by atoms with Crippen LogP contribution in [0.4, 0.5) is 23.3 Å². The lowest BCUT2D eigenvalue weighted by molar-refractivity contribution is -0.148. The number of hydrogen-bond acceptors (Lipinski definition) is 16. The smallest absolute Gasteiger partial charge is 0.323 e. The summed E-state index contributed by atoms with van der Waals surface area (Å²) in [6, 6.07) is 21.0. The molecule has 0 spiro atoms. The molecule has 0 unspecified atom stereocenters. The normalized spacial score (nSPS) is 13.8. The van der Waals surface area contributed by atoms with Crippen LogP contribution in [0, 0.1) is 6.92 Å². The van der Waals surface area contributed by atoms with E-state index in [0.717, 1.165) is 48.1 Å². The lowest BCUT2D eigenvalue weighted by atomic mass is 9.98. The Balaban J connectivity index is 0.763. The number of furan rings is 1. The average Bonchev–Trinajstić information content (AvgIpc) is 4.06. The van der Waals surface area contributed by atoms with E-state index in [9.17, 15) is 19.2 Å². The van der Waals surface area contributed by atoms with Crippen LogP contribution in [-0.2, 0) is 27.4 Å². The number of anilines is 4. The molecule has 0 saturated carbocycles. The Bertz CT molecular complexity index is 2930. The van der Waals surface area contributed by atoms with E-state index in [1.165, 1.54) is 17.9 Å². The van der Waals surface area contributed by atoms with Crippen molar-refractivity contribution >= 4 is 64.3 Å². The van der Waals surface area contributed by atoms with Gasteiger partial charge in [0.2, 0.25) is 23.6 Å². The molecule has 1 atom stereocenters. The summed E-state index contributed by atoms with van der Waals surface area (Å²) in [6.07, 6.45) is 8.36. The lowest BCUT2D eigenvalue weighted by Crippen LogP contribution is -2.44. The number of methoxy groups -OCH3 is 1.